The maximum atomic E-state index is 15.8. The Bertz CT molecular complexity index is 5110. The number of fused-ring (bicyclic) bond motifs is 1. The van der Waals surface area contributed by atoms with Crippen LogP contribution < -0.4 is 80.6 Å². The highest BCUT2D eigenvalue weighted by atomic mass is 32.2. The topological polar surface area (TPSA) is 583 Å². The van der Waals surface area contributed by atoms with Crippen molar-refractivity contribution in [2.24, 2.45) is 29.2 Å². The number of rotatable bonds is 33. The van der Waals surface area contributed by atoms with Gasteiger partial charge in [-0.3, -0.25) is 71.9 Å². The number of thioether (sulfide) groups is 1. The summed E-state index contributed by atoms with van der Waals surface area (Å²) in [7, 11) is 1.32. The average Bonchev–Trinajstić information content (AvgIpc) is 1.79. The number of carbonyl (C=O) groups excluding carboxylic acids is 15. The lowest BCUT2D eigenvalue weighted by atomic mass is 9.98. The van der Waals surface area contributed by atoms with E-state index in [1.54, 1.807) is 133 Å². The Morgan fingerprint density at radius 2 is 0.933 bits per heavy atom. The Labute approximate surface area is 787 Å². The van der Waals surface area contributed by atoms with Gasteiger partial charge in [0.2, 0.25) is 88.6 Å². The summed E-state index contributed by atoms with van der Waals surface area (Å²) in [5, 5.41) is 77.5. The first kappa shape index (κ1) is 107. The zero-order chi connectivity index (χ0) is 98.2. The van der Waals surface area contributed by atoms with E-state index in [9.17, 15) is 63.6 Å². The molecule has 0 aliphatic carbocycles. The number of primary amides is 1. The number of H-pyrrole nitrogens is 1. The zero-order valence-electron chi connectivity index (χ0n) is 76.8. The second kappa shape index (κ2) is 54.6. The van der Waals surface area contributed by atoms with E-state index in [0.29, 0.717) is 63.7 Å². The minimum atomic E-state index is -1.83. The van der Waals surface area contributed by atoms with Gasteiger partial charge < -0.3 is 120 Å². The van der Waals surface area contributed by atoms with Gasteiger partial charge >= 0.3 is 0 Å². The van der Waals surface area contributed by atoms with Gasteiger partial charge in [0.15, 0.2) is 0 Å². The number of phenolic OH excluding ortho intramolecular Hbond substituents is 3. The van der Waals surface area contributed by atoms with Gasteiger partial charge in [0, 0.05) is 75.0 Å². The van der Waals surface area contributed by atoms with Crippen molar-refractivity contribution in [3.8, 4) is 17.2 Å². The van der Waals surface area contributed by atoms with Crippen LogP contribution in [0, 0.1) is 17.8 Å². The number of nitrogens with two attached hydrogens (primary N) is 2. The summed E-state index contributed by atoms with van der Waals surface area (Å²) in [4.78, 5) is 224. The predicted molar refractivity (Wildman–Crippen MR) is 503 cm³/mol. The summed E-state index contributed by atoms with van der Waals surface area (Å²) in [5.41, 5.74) is 14.5. The van der Waals surface area contributed by atoms with Gasteiger partial charge in [0.05, 0.1) is 38.7 Å². The molecule has 15 amide bonds. The summed E-state index contributed by atoms with van der Waals surface area (Å²) in [6.45, 7) is 7.74. The lowest BCUT2D eigenvalue weighted by Gasteiger charge is -2.33. The summed E-state index contributed by atoms with van der Waals surface area (Å²) < 4.78 is 11.2. The molecule has 0 saturated carbocycles. The van der Waals surface area contributed by atoms with Crippen molar-refractivity contribution in [2.75, 3.05) is 71.2 Å². The van der Waals surface area contributed by atoms with Crippen LogP contribution in [0.1, 0.15) is 107 Å². The summed E-state index contributed by atoms with van der Waals surface area (Å²) >= 11 is 0.863. The zero-order valence-corrected chi connectivity index (χ0v) is 77.7. The maximum Gasteiger partial charge on any atom is 0.246 e. The Hall–Kier alpha value is -13.5. The van der Waals surface area contributed by atoms with Crippen molar-refractivity contribution >= 4 is 111 Å². The lowest BCUT2D eigenvalue weighted by Crippen LogP contribution is -2.61. The second-order valence-corrected chi connectivity index (χ2v) is 35.4. The third-order valence-electron chi connectivity index (χ3n) is 22.2. The van der Waals surface area contributed by atoms with Gasteiger partial charge in [0.1, 0.15) is 96.4 Å². The lowest BCUT2D eigenvalue weighted by molar-refractivity contribution is -0.143. The number of aromatic nitrogens is 1. The summed E-state index contributed by atoms with van der Waals surface area (Å²) in [5.74, 6) is -15.9. The van der Waals surface area contributed by atoms with E-state index in [1.165, 1.54) is 79.8 Å². The van der Waals surface area contributed by atoms with Crippen molar-refractivity contribution in [2.45, 2.75) is 185 Å². The third-order valence-corrected chi connectivity index (χ3v) is 23.2. The van der Waals surface area contributed by atoms with Crippen LogP contribution in [0.25, 0.3) is 10.9 Å². The van der Waals surface area contributed by atoms with Gasteiger partial charge in [-0.1, -0.05) is 157 Å². The van der Waals surface area contributed by atoms with E-state index >= 15 is 28.8 Å². The number of hydrogen-bond acceptors (Lipinski definition) is 23. The number of aromatic amines is 1. The maximum absolute atomic E-state index is 15.8. The number of aliphatic hydroxyl groups is 1. The number of ether oxygens (including phenoxy) is 2. The molecule has 135 heavy (non-hydrogen) atoms. The molecule has 0 bridgehead atoms. The molecular weight excluding hydrogens is 1760 g/mol. The largest absolute Gasteiger partial charge is 0.508 e. The van der Waals surface area contributed by atoms with Gasteiger partial charge in [0.25, 0.3) is 0 Å². The van der Waals surface area contributed by atoms with Crippen LogP contribution in [0.4, 0.5) is 0 Å². The quantitative estimate of drug-likeness (QED) is 0.0250. The molecule has 12 atom stereocenters. The Kier molecular flexibility index (Phi) is 43.2. The number of amides is 15. The molecular formula is C96H127N17O21S. The molecule has 6 aromatic carbocycles. The first-order valence-electron chi connectivity index (χ1n) is 45.0. The van der Waals surface area contributed by atoms with E-state index in [1.807, 2.05) is 0 Å². The first-order valence-corrected chi connectivity index (χ1v) is 46.1. The molecule has 1 fully saturated rings. The number of benzene rings is 6. The average molecular weight is 1890 g/mol. The second-order valence-electron chi connectivity index (χ2n) is 34.4. The monoisotopic (exact) mass is 1890 g/mol. The Balaban J connectivity index is 1.17. The summed E-state index contributed by atoms with van der Waals surface area (Å²) in [6, 6.07) is 23.2. The van der Waals surface area contributed by atoms with Crippen molar-refractivity contribution in [1.29, 1.82) is 0 Å². The molecule has 0 unspecified atom stereocenters. The molecule has 1 saturated heterocycles. The fourth-order valence-corrected chi connectivity index (χ4v) is 15.8. The molecule has 0 radical (unpaired) electrons. The van der Waals surface area contributed by atoms with Crippen LogP contribution >= 0.6 is 11.8 Å². The molecule has 1 aromatic heterocycles. The van der Waals surface area contributed by atoms with Crippen LogP contribution in [0.2, 0.25) is 0 Å². The van der Waals surface area contributed by atoms with Crippen molar-refractivity contribution < 1.29 is 102 Å². The molecule has 1 aliphatic heterocycles. The fraction of sp³-hybridized carbons (Fsp3) is 0.448. The van der Waals surface area contributed by atoms with E-state index in [0.717, 1.165) is 16.7 Å². The van der Waals surface area contributed by atoms with Crippen molar-refractivity contribution in [3.63, 3.8) is 0 Å². The standard InChI is InChI=1S/C96H127N17O21S/c1-56(2)42-71-88(124)111-79(87(123)99-38-39-133-40-41-134-53-82(119)102-70(85(98)121)24-16-17-37-97)54-135-55-83(120)104-73(44-59-18-10-8-11-19-59)89(125)106-74(45-61-25-31-65(115)32-26-61)90(126)105-72(43-57(3)4)93(129)112-84(58(5)6)95(131)108-75(46-62-27-33-66(116)34-28-62)91(127)110-78(52-114)86(122)101-51-81(118)103-76(49-64-50-100-69-23-15-14-22-68(64)69)92(128)109-77(47-63-29-35-67(117)36-30-63)96(132)113(7)80(94(130)107-71)48-60-20-12-9-13-21-60/h8-15,18-23,25-36,50,56-58,70-80,84,100,114-117H,16-17,24,37-49,51-55,97H2,1-7H3,(H2,98,121)(H,99,123)(H,101,122)(H,102,119)(H,103,118)(H,104,120)(H,105,126)(H,106,125)(H,107,130)(H,108,131)(H,109,128)(H,110,127)(H,111,124)(H,112,129)/t70-,71-,72-,73-,74-,75-,76-,77-,78-,79-,80-,84-/m0/s1. The van der Waals surface area contributed by atoms with Gasteiger partial charge in [-0.05, 0) is 132 Å². The SMILES string of the molecule is CC(C)C[C@@H]1NC(=O)[C@H](Cc2ccc(O)cc2)NC(=O)[C@H](Cc2ccccc2)NC(=O)CSC[C@@H](C(=O)NCCOCCOCC(=O)N[C@@H](CCCCN)C(N)=O)NC(=O)[C@H](CC(C)C)NC(=O)[C@H](Cc2ccccc2)N(C)C(=O)[C@H](Cc2ccc(O)cc2)NC(=O)[C@H](Cc2c[nH]c3ccccc23)NC(=O)CNC(=O)[C@H](CO)NC(=O)[C@H](Cc2ccc(O)cc2)NC(=O)[C@H](C(C)C)NC1=O. The molecule has 7 aromatic rings. The highest BCUT2D eigenvalue weighted by Crippen LogP contribution is 2.24. The molecule has 39 heteroatoms. The molecule has 0 spiro atoms. The van der Waals surface area contributed by atoms with E-state index in [-0.39, 0.29) is 119 Å². The Morgan fingerprint density at radius 1 is 0.481 bits per heavy atom. The van der Waals surface area contributed by atoms with Crippen LogP contribution in [-0.2, 0) is 120 Å². The number of phenols is 3. The first-order chi connectivity index (χ1) is 64.5. The number of nitrogens with one attached hydrogen (secondary N) is 14. The number of hydrogen-bond donors (Lipinski definition) is 20. The number of likely N-dealkylation sites (N-methyl/N-ethyl adjacent to an activating group) is 1. The molecule has 2 heterocycles. The number of para-hydroxylation sites is 1. The van der Waals surface area contributed by atoms with Crippen molar-refractivity contribution in [3.05, 3.63) is 197 Å². The number of carbonyl (C=O) groups is 15. The van der Waals surface area contributed by atoms with Crippen LogP contribution in [0.3, 0.4) is 0 Å². The Morgan fingerprint density at radius 3 is 1.47 bits per heavy atom. The number of aromatic hydroxyl groups is 3. The van der Waals surface area contributed by atoms with Crippen LogP contribution in [-0.4, -0.2) is 263 Å². The fourth-order valence-electron chi connectivity index (χ4n) is 14.9. The number of aliphatic hydroxyl groups excluding tert-OH is 1. The van der Waals surface area contributed by atoms with Gasteiger partial charge in [-0.2, -0.15) is 0 Å². The van der Waals surface area contributed by atoms with E-state index < -0.39 is 193 Å². The molecule has 8 rings (SSSR count). The summed E-state index contributed by atoms with van der Waals surface area (Å²) in [6.07, 6.45) is 1.44. The number of nitrogens with zero attached hydrogens (tertiary/aromatic N) is 1. The third kappa shape index (κ3) is 35.8. The van der Waals surface area contributed by atoms with Crippen LogP contribution in [0.5, 0.6) is 17.2 Å². The molecule has 1 aliphatic rings. The predicted octanol–water partition coefficient (Wildman–Crippen LogP) is 0.568. The molecule has 22 N–H and O–H groups in total. The molecule has 38 nitrogen and oxygen atoms in total. The normalized spacial score (nSPS) is 21.2. The van der Waals surface area contributed by atoms with Gasteiger partial charge in [-0.15, -0.1) is 11.8 Å². The van der Waals surface area contributed by atoms with Gasteiger partial charge in [-0.25, -0.2) is 0 Å². The highest BCUT2D eigenvalue weighted by molar-refractivity contribution is 8.00. The highest BCUT2D eigenvalue weighted by Gasteiger charge is 2.40. The van der Waals surface area contributed by atoms with Crippen LogP contribution in [0.15, 0.2) is 164 Å². The van der Waals surface area contributed by atoms with E-state index in [2.05, 4.69) is 74.1 Å². The minimum Gasteiger partial charge on any atom is -0.508 e. The smallest absolute Gasteiger partial charge is 0.246 e. The minimum absolute atomic E-state index is 0.0534. The number of unbranched alkanes of at least 4 members (excludes halogenated alkanes) is 1. The molecule has 728 valence electrons. The van der Waals surface area contributed by atoms with Crippen molar-refractivity contribution in [1.82, 2.24) is 79.0 Å². The van der Waals surface area contributed by atoms with E-state index in [4.69, 9.17) is 20.9 Å².